The summed E-state index contributed by atoms with van der Waals surface area (Å²) < 4.78 is 4.77. The monoisotopic (exact) mass is 272 g/mol. The molecule has 0 aromatic heterocycles. The van der Waals surface area contributed by atoms with Gasteiger partial charge < -0.3 is 10.1 Å². The van der Waals surface area contributed by atoms with Crippen LogP contribution in [0, 0.1) is 0 Å². The number of hydrogen-bond donors (Lipinski definition) is 1. The van der Waals surface area contributed by atoms with Gasteiger partial charge in [0.15, 0.2) is 0 Å². The summed E-state index contributed by atoms with van der Waals surface area (Å²) in [5.41, 5.74) is 0. The zero-order valence-electron chi connectivity index (χ0n) is 12.9. The van der Waals surface area contributed by atoms with Crippen molar-refractivity contribution in [2.45, 2.75) is 59.5 Å². The molecule has 19 heavy (non-hydrogen) atoms. The molecule has 5 nitrogen and oxygen atoms in total. The van der Waals surface area contributed by atoms with Crippen molar-refractivity contribution in [1.29, 1.82) is 0 Å². The third-order valence-corrected chi connectivity index (χ3v) is 2.88. The van der Waals surface area contributed by atoms with Crippen LogP contribution in [0.25, 0.3) is 0 Å². The van der Waals surface area contributed by atoms with E-state index in [0.29, 0.717) is 25.2 Å². The first-order valence-corrected chi connectivity index (χ1v) is 7.06. The molecule has 0 bridgehead atoms. The van der Waals surface area contributed by atoms with E-state index in [4.69, 9.17) is 4.74 Å². The van der Waals surface area contributed by atoms with Gasteiger partial charge in [0.2, 0.25) is 5.91 Å². The summed E-state index contributed by atoms with van der Waals surface area (Å²) in [6, 6.07) is 0.910. The van der Waals surface area contributed by atoms with Crippen LogP contribution in [0.4, 0.5) is 0 Å². The molecule has 0 rings (SSSR count). The molecule has 1 amide bonds. The summed E-state index contributed by atoms with van der Waals surface area (Å²) in [4.78, 5) is 24.9. The van der Waals surface area contributed by atoms with Crippen molar-refractivity contribution in [3.63, 3.8) is 0 Å². The van der Waals surface area contributed by atoms with Crippen LogP contribution in [0.2, 0.25) is 0 Å². The largest absolute Gasteiger partial charge is 0.466 e. The fraction of sp³-hybridized carbons (Fsp3) is 0.857. The number of carbonyl (C=O) groups is 2. The lowest BCUT2D eigenvalue weighted by Gasteiger charge is -2.30. The van der Waals surface area contributed by atoms with Gasteiger partial charge in [0, 0.05) is 31.6 Å². The van der Waals surface area contributed by atoms with E-state index in [-0.39, 0.29) is 24.7 Å². The van der Waals surface area contributed by atoms with Crippen LogP contribution in [0.1, 0.15) is 47.5 Å². The van der Waals surface area contributed by atoms with Gasteiger partial charge in [-0.2, -0.15) is 0 Å². The maximum Gasteiger partial charge on any atom is 0.306 e. The number of amides is 1. The molecule has 1 N–H and O–H groups in total. The van der Waals surface area contributed by atoms with Crippen LogP contribution in [-0.2, 0) is 14.3 Å². The highest BCUT2D eigenvalue weighted by atomic mass is 16.5. The molecular formula is C14H28N2O3. The van der Waals surface area contributed by atoms with Gasteiger partial charge in [-0.15, -0.1) is 0 Å². The SMILES string of the molecule is CCOC(=O)CCC(=O)NCCN(C(C)C)C(C)C. The molecule has 0 unspecified atom stereocenters. The lowest BCUT2D eigenvalue weighted by atomic mass is 10.2. The molecule has 0 aliphatic rings. The van der Waals surface area contributed by atoms with E-state index in [2.05, 4.69) is 37.9 Å². The summed E-state index contributed by atoms with van der Waals surface area (Å²) in [7, 11) is 0. The van der Waals surface area contributed by atoms with Crippen molar-refractivity contribution in [2.75, 3.05) is 19.7 Å². The Morgan fingerprint density at radius 3 is 2.16 bits per heavy atom. The van der Waals surface area contributed by atoms with Crippen LogP contribution >= 0.6 is 0 Å². The first-order valence-electron chi connectivity index (χ1n) is 7.06. The smallest absolute Gasteiger partial charge is 0.306 e. The Bertz CT molecular complexity index is 270. The zero-order valence-corrected chi connectivity index (χ0v) is 12.9. The Labute approximate surface area is 116 Å². The van der Waals surface area contributed by atoms with E-state index >= 15 is 0 Å². The Morgan fingerprint density at radius 2 is 1.68 bits per heavy atom. The van der Waals surface area contributed by atoms with Gasteiger partial charge in [-0.05, 0) is 34.6 Å². The third kappa shape index (κ3) is 8.59. The second-order valence-electron chi connectivity index (χ2n) is 5.08. The number of nitrogens with zero attached hydrogens (tertiary/aromatic N) is 1. The molecule has 0 aromatic carbocycles. The first kappa shape index (κ1) is 17.9. The van der Waals surface area contributed by atoms with Crippen LogP contribution in [0.15, 0.2) is 0 Å². The number of nitrogens with one attached hydrogen (secondary N) is 1. The van der Waals surface area contributed by atoms with Crippen molar-refractivity contribution in [3.05, 3.63) is 0 Å². The highest BCUT2D eigenvalue weighted by Crippen LogP contribution is 2.03. The van der Waals surface area contributed by atoms with Crippen molar-refractivity contribution in [2.24, 2.45) is 0 Å². The first-order chi connectivity index (χ1) is 8.88. The Kier molecular flexibility index (Phi) is 9.21. The van der Waals surface area contributed by atoms with Gasteiger partial charge in [0.1, 0.15) is 0 Å². The minimum Gasteiger partial charge on any atom is -0.466 e. The van der Waals surface area contributed by atoms with Gasteiger partial charge in [-0.25, -0.2) is 0 Å². The minimum absolute atomic E-state index is 0.0967. The Balaban J connectivity index is 3.81. The normalized spacial score (nSPS) is 11.2. The molecule has 0 saturated heterocycles. The molecule has 0 fully saturated rings. The molecule has 0 aromatic rings. The van der Waals surface area contributed by atoms with E-state index in [0.717, 1.165) is 6.54 Å². The molecule has 0 spiro atoms. The number of carbonyl (C=O) groups excluding carboxylic acids is 2. The van der Waals surface area contributed by atoms with E-state index in [9.17, 15) is 9.59 Å². The Morgan fingerprint density at radius 1 is 1.11 bits per heavy atom. The molecule has 0 atom stereocenters. The fourth-order valence-electron chi connectivity index (χ4n) is 1.97. The van der Waals surface area contributed by atoms with Crippen LogP contribution in [0.3, 0.4) is 0 Å². The van der Waals surface area contributed by atoms with Gasteiger partial charge in [-0.3, -0.25) is 14.5 Å². The Hall–Kier alpha value is -1.10. The maximum atomic E-state index is 11.5. The van der Waals surface area contributed by atoms with Crippen molar-refractivity contribution in [3.8, 4) is 0 Å². The summed E-state index contributed by atoms with van der Waals surface area (Å²) in [6.45, 7) is 12.1. The summed E-state index contributed by atoms with van der Waals surface area (Å²) >= 11 is 0. The molecule has 0 radical (unpaired) electrons. The average Bonchev–Trinajstić information content (AvgIpc) is 2.31. The minimum atomic E-state index is -0.316. The van der Waals surface area contributed by atoms with Crippen molar-refractivity contribution >= 4 is 11.9 Å². The number of esters is 1. The van der Waals surface area contributed by atoms with Crippen LogP contribution in [-0.4, -0.2) is 48.6 Å². The number of hydrogen-bond acceptors (Lipinski definition) is 4. The van der Waals surface area contributed by atoms with Gasteiger partial charge in [0.05, 0.1) is 13.0 Å². The van der Waals surface area contributed by atoms with Crippen molar-refractivity contribution < 1.29 is 14.3 Å². The highest BCUT2D eigenvalue weighted by Gasteiger charge is 2.13. The van der Waals surface area contributed by atoms with Gasteiger partial charge in [0.25, 0.3) is 0 Å². The standard InChI is InChI=1S/C14H28N2O3/c1-6-19-14(18)8-7-13(17)15-9-10-16(11(2)3)12(4)5/h11-12H,6-10H2,1-5H3,(H,15,17). The maximum absolute atomic E-state index is 11.5. The predicted molar refractivity (Wildman–Crippen MR) is 75.9 cm³/mol. The van der Waals surface area contributed by atoms with Gasteiger partial charge in [-0.1, -0.05) is 0 Å². The zero-order chi connectivity index (χ0) is 14.8. The van der Waals surface area contributed by atoms with E-state index in [1.54, 1.807) is 6.92 Å². The molecule has 112 valence electrons. The second-order valence-corrected chi connectivity index (χ2v) is 5.08. The van der Waals surface area contributed by atoms with Crippen molar-refractivity contribution in [1.82, 2.24) is 10.2 Å². The lowest BCUT2D eigenvalue weighted by Crippen LogP contribution is -2.42. The quantitative estimate of drug-likeness (QED) is 0.647. The molecular weight excluding hydrogens is 244 g/mol. The summed E-state index contributed by atoms with van der Waals surface area (Å²) in [6.07, 6.45) is 0.347. The fourth-order valence-corrected chi connectivity index (χ4v) is 1.97. The number of ether oxygens (including phenoxy) is 1. The second kappa shape index (κ2) is 9.78. The lowest BCUT2D eigenvalue weighted by molar-refractivity contribution is -0.144. The van der Waals surface area contributed by atoms with E-state index < -0.39 is 0 Å². The summed E-state index contributed by atoms with van der Waals surface area (Å²) in [5, 5.41) is 2.83. The van der Waals surface area contributed by atoms with E-state index in [1.807, 2.05) is 0 Å². The predicted octanol–water partition coefficient (Wildman–Crippen LogP) is 1.56. The highest BCUT2D eigenvalue weighted by molar-refractivity contribution is 5.81. The molecule has 0 aliphatic carbocycles. The molecule has 0 aliphatic heterocycles. The van der Waals surface area contributed by atoms with E-state index in [1.165, 1.54) is 0 Å². The van der Waals surface area contributed by atoms with Crippen LogP contribution in [0.5, 0.6) is 0 Å². The van der Waals surface area contributed by atoms with Gasteiger partial charge >= 0.3 is 5.97 Å². The average molecular weight is 272 g/mol. The third-order valence-electron chi connectivity index (χ3n) is 2.88. The topological polar surface area (TPSA) is 58.6 Å². The van der Waals surface area contributed by atoms with Crippen LogP contribution < -0.4 is 5.32 Å². The number of rotatable bonds is 9. The molecule has 0 heterocycles. The molecule has 5 heteroatoms. The molecule has 0 saturated carbocycles. The summed E-state index contributed by atoms with van der Waals surface area (Å²) in [5.74, 6) is -0.413.